The summed E-state index contributed by atoms with van der Waals surface area (Å²) in [4.78, 5) is 43.1. The first-order valence-electron chi connectivity index (χ1n) is 14.6. The molecule has 2 amide bonds. The number of benzene rings is 3. The quantitative estimate of drug-likeness (QED) is 0.290. The number of nitrogens with zero attached hydrogens (tertiary/aromatic N) is 1. The first kappa shape index (κ1) is 29.0. The summed E-state index contributed by atoms with van der Waals surface area (Å²) >= 11 is 1.79. The van der Waals surface area contributed by atoms with E-state index in [1.165, 1.54) is 19.2 Å². The molecule has 2 heterocycles. The number of hydrogen-bond donors (Lipinski definition) is 2. The fraction of sp³-hybridized carbons (Fsp3) is 0.364. The van der Waals surface area contributed by atoms with Crippen molar-refractivity contribution >= 4 is 35.2 Å². The van der Waals surface area contributed by atoms with Gasteiger partial charge in [-0.2, -0.15) is 0 Å². The van der Waals surface area contributed by atoms with Crippen molar-refractivity contribution in [1.29, 1.82) is 0 Å². The molecule has 1 saturated carbocycles. The van der Waals surface area contributed by atoms with Crippen molar-refractivity contribution in [3.05, 3.63) is 88.7 Å². The van der Waals surface area contributed by atoms with Crippen LogP contribution in [0.1, 0.15) is 65.3 Å². The topological polar surface area (TPSA) is 97.0 Å². The van der Waals surface area contributed by atoms with Gasteiger partial charge in [-0.25, -0.2) is 4.39 Å². The molecule has 1 aliphatic carbocycles. The zero-order valence-corrected chi connectivity index (χ0v) is 24.9. The molecule has 6 rings (SSSR count). The van der Waals surface area contributed by atoms with E-state index in [4.69, 9.17) is 9.47 Å². The fourth-order valence-electron chi connectivity index (χ4n) is 5.90. The zero-order chi connectivity index (χ0) is 30.1. The van der Waals surface area contributed by atoms with Crippen molar-refractivity contribution in [2.75, 3.05) is 25.6 Å². The van der Waals surface area contributed by atoms with Gasteiger partial charge in [0.05, 0.1) is 25.7 Å². The number of ether oxygens (including phenoxy) is 2. The molecule has 3 atom stereocenters. The average Bonchev–Trinajstić information content (AvgIpc) is 3.60. The number of halogens is 1. The first-order chi connectivity index (χ1) is 20.9. The number of likely N-dealkylation sites (tertiary alicyclic amines) is 1. The lowest BCUT2D eigenvalue weighted by Gasteiger charge is -2.33. The molecule has 0 spiro atoms. The number of carbonyl (C=O) groups excluding carboxylic acids is 3. The number of hydrogen-bond acceptors (Lipinski definition) is 7. The van der Waals surface area contributed by atoms with Crippen molar-refractivity contribution in [2.45, 2.75) is 55.0 Å². The highest BCUT2D eigenvalue weighted by atomic mass is 32.2. The number of fused-ring (bicyclic) bond motifs is 1. The number of nitrogens with one attached hydrogen (secondary N) is 2. The van der Waals surface area contributed by atoms with E-state index in [-0.39, 0.29) is 30.1 Å². The maximum Gasteiger partial charge on any atom is 0.311 e. The predicted octanol–water partition coefficient (Wildman–Crippen LogP) is 5.64. The molecule has 3 aromatic rings. The number of anilines is 1. The summed E-state index contributed by atoms with van der Waals surface area (Å²) in [6.45, 7) is 2.83. The number of thioether (sulfide) groups is 1. The van der Waals surface area contributed by atoms with E-state index in [0.29, 0.717) is 41.6 Å². The van der Waals surface area contributed by atoms with Gasteiger partial charge in [0.1, 0.15) is 6.04 Å². The van der Waals surface area contributed by atoms with Crippen LogP contribution in [0.2, 0.25) is 0 Å². The minimum absolute atomic E-state index is 0.0129. The van der Waals surface area contributed by atoms with Crippen molar-refractivity contribution < 1.29 is 28.2 Å². The van der Waals surface area contributed by atoms with Crippen LogP contribution < -0.4 is 15.4 Å². The van der Waals surface area contributed by atoms with E-state index >= 15 is 0 Å². The van der Waals surface area contributed by atoms with E-state index < -0.39 is 23.8 Å². The van der Waals surface area contributed by atoms with Gasteiger partial charge in [-0.05, 0) is 73.2 Å². The molecule has 3 aromatic carbocycles. The van der Waals surface area contributed by atoms with Crippen molar-refractivity contribution in [1.82, 2.24) is 10.2 Å². The van der Waals surface area contributed by atoms with Gasteiger partial charge in [0, 0.05) is 34.5 Å². The number of carbonyl (C=O) groups is 3. The molecule has 2 aliphatic heterocycles. The number of rotatable bonds is 10. The Kier molecular flexibility index (Phi) is 8.30. The van der Waals surface area contributed by atoms with Crippen molar-refractivity contribution in [3.8, 4) is 5.75 Å². The van der Waals surface area contributed by atoms with Gasteiger partial charge in [0.25, 0.3) is 5.91 Å². The molecule has 1 saturated heterocycles. The maximum absolute atomic E-state index is 14.7. The lowest BCUT2D eigenvalue weighted by Crippen LogP contribution is -2.39. The molecule has 224 valence electrons. The Morgan fingerprint density at radius 2 is 1.93 bits per heavy atom. The Morgan fingerprint density at radius 3 is 2.70 bits per heavy atom. The summed E-state index contributed by atoms with van der Waals surface area (Å²) in [5.74, 6) is -1.84. The fourth-order valence-corrected chi connectivity index (χ4v) is 7.11. The van der Waals surface area contributed by atoms with Crippen LogP contribution in [0.25, 0.3) is 0 Å². The van der Waals surface area contributed by atoms with Gasteiger partial charge in [-0.1, -0.05) is 30.3 Å². The highest BCUT2D eigenvalue weighted by molar-refractivity contribution is 8.00. The third kappa shape index (κ3) is 5.93. The minimum atomic E-state index is -0.955. The highest BCUT2D eigenvalue weighted by Crippen LogP contribution is 2.47. The molecule has 43 heavy (non-hydrogen) atoms. The summed E-state index contributed by atoms with van der Waals surface area (Å²) < 4.78 is 25.2. The molecule has 2 fully saturated rings. The van der Waals surface area contributed by atoms with E-state index in [9.17, 15) is 18.8 Å². The standard InChI is InChI=1S/C33H34FN3O5S/c1-3-42-33(40)24-14-15-37(30(24)23-6-4-5-7-28(23)43-22-11-12-22)32(39)29(19-9-13-26(34)27(16-19)41-2)36-21-10-8-20-18-35-31(38)25(20)17-21/h4-10,13,16-17,22,24,29-30,36H,3,11-12,14-15,18H2,1-2H3,(H,35,38)/t24-,29?,30-/m0/s1. The molecular weight excluding hydrogens is 569 g/mol. The van der Waals surface area contributed by atoms with E-state index in [0.717, 1.165) is 28.9 Å². The van der Waals surface area contributed by atoms with Gasteiger partial charge in [-0.3, -0.25) is 14.4 Å². The average molecular weight is 604 g/mol. The second-order valence-corrected chi connectivity index (χ2v) is 12.3. The predicted molar refractivity (Wildman–Crippen MR) is 161 cm³/mol. The minimum Gasteiger partial charge on any atom is -0.494 e. The van der Waals surface area contributed by atoms with E-state index in [1.807, 2.05) is 30.3 Å². The molecule has 3 aliphatic rings. The number of amides is 2. The Labute approximate surface area is 254 Å². The van der Waals surface area contributed by atoms with Crippen LogP contribution >= 0.6 is 11.8 Å². The Balaban J connectivity index is 1.40. The van der Waals surface area contributed by atoms with Crippen molar-refractivity contribution in [2.24, 2.45) is 5.92 Å². The number of esters is 1. The zero-order valence-electron chi connectivity index (χ0n) is 24.1. The first-order valence-corrected chi connectivity index (χ1v) is 15.5. The highest BCUT2D eigenvalue weighted by Gasteiger charge is 2.46. The molecule has 2 N–H and O–H groups in total. The van der Waals surface area contributed by atoms with Gasteiger partial charge >= 0.3 is 5.97 Å². The van der Waals surface area contributed by atoms with Gasteiger partial charge in [0.2, 0.25) is 5.91 Å². The lowest BCUT2D eigenvalue weighted by atomic mass is 9.93. The van der Waals surface area contributed by atoms with Gasteiger partial charge in [-0.15, -0.1) is 11.8 Å². The third-order valence-electron chi connectivity index (χ3n) is 8.19. The summed E-state index contributed by atoms with van der Waals surface area (Å²) in [5.41, 5.74) is 3.41. The van der Waals surface area contributed by atoms with Crippen LogP contribution in [0.5, 0.6) is 5.75 Å². The van der Waals surface area contributed by atoms with Gasteiger partial charge in [0.15, 0.2) is 11.6 Å². The molecule has 0 aromatic heterocycles. The second kappa shape index (κ2) is 12.3. The second-order valence-electron chi connectivity index (χ2n) is 11.0. The molecular formula is C33H34FN3O5S. The SMILES string of the molecule is CCOC(=O)[C@H]1CCN(C(=O)C(Nc2ccc3c(c2)C(=O)NC3)c2ccc(F)c(OC)c2)[C@H]1c1ccccc1SC1CC1. The molecule has 1 unspecified atom stereocenters. The molecule has 0 bridgehead atoms. The van der Waals surface area contributed by atoms with Crippen LogP contribution in [0.15, 0.2) is 65.6 Å². The van der Waals surface area contributed by atoms with Crippen LogP contribution in [0.4, 0.5) is 10.1 Å². The summed E-state index contributed by atoms with van der Waals surface area (Å²) in [6.07, 6.45) is 2.74. The molecule has 0 radical (unpaired) electrons. The van der Waals surface area contributed by atoms with Crippen molar-refractivity contribution in [3.63, 3.8) is 0 Å². The van der Waals surface area contributed by atoms with Crippen LogP contribution in [-0.2, 0) is 20.9 Å². The lowest BCUT2D eigenvalue weighted by molar-refractivity contribution is -0.149. The Morgan fingerprint density at radius 1 is 1.12 bits per heavy atom. The maximum atomic E-state index is 14.7. The van der Waals surface area contributed by atoms with Crippen LogP contribution in [-0.4, -0.2) is 48.2 Å². The monoisotopic (exact) mass is 603 g/mol. The molecule has 10 heteroatoms. The normalized spacial score (nSPS) is 19.9. The largest absolute Gasteiger partial charge is 0.494 e. The van der Waals surface area contributed by atoms with Crippen LogP contribution in [0, 0.1) is 11.7 Å². The summed E-state index contributed by atoms with van der Waals surface area (Å²) in [6, 6.07) is 16.2. The Bertz CT molecular complexity index is 1560. The molecule has 8 nitrogen and oxygen atoms in total. The Hall–Kier alpha value is -4.05. The van der Waals surface area contributed by atoms with Crippen LogP contribution in [0.3, 0.4) is 0 Å². The summed E-state index contributed by atoms with van der Waals surface area (Å²) in [5, 5.41) is 6.67. The third-order valence-corrected chi connectivity index (χ3v) is 9.62. The van der Waals surface area contributed by atoms with E-state index in [2.05, 4.69) is 16.7 Å². The van der Waals surface area contributed by atoms with E-state index in [1.54, 1.807) is 35.7 Å². The number of methoxy groups -OCH3 is 1. The summed E-state index contributed by atoms with van der Waals surface area (Å²) in [7, 11) is 1.38. The van der Waals surface area contributed by atoms with Gasteiger partial charge < -0.3 is 25.0 Å². The smallest absolute Gasteiger partial charge is 0.311 e.